The fourth-order valence-corrected chi connectivity index (χ4v) is 1.58. The van der Waals surface area contributed by atoms with Crippen LogP contribution in [-0.2, 0) is 4.74 Å². The molecule has 2 aromatic heterocycles. The first kappa shape index (κ1) is 12.4. The van der Waals surface area contributed by atoms with E-state index in [-0.39, 0.29) is 0 Å². The fourth-order valence-electron chi connectivity index (χ4n) is 1.58. The molecule has 18 heavy (non-hydrogen) atoms. The van der Waals surface area contributed by atoms with Crippen LogP contribution in [0.15, 0.2) is 30.5 Å². The van der Waals surface area contributed by atoms with Crippen molar-refractivity contribution in [1.82, 2.24) is 15.0 Å². The molecule has 2 aromatic rings. The molecule has 0 radical (unpaired) electrons. The van der Waals surface area contributed by atoms with Crippen LogP contribution < -0.4 is 5.32 Å². The van der Waals surface area contributed by atoms with Gasteiger partial charge >= 0.3 is 0 Å². The van der Waals surface area contributed by atoms with E-state index in [4.69, 9.17) is 4.74 Å². The first-order valence-corrected chi connectivity index (χ1v) is 5.79. The van der Waals surface area contributed by atoms with Gasteiger partial charge in [0, 0.05) is 25.9 Å². The van der Waals surface area contributed by atoms with Crippen LogP contribution in [0, 0.1) is 6.92 Å². The Balaban J connectivity index is 2.21. The number of anilines is 1. The number of aromatic nitrogens is 3. The van der Waals surface area contributed by atoms with Gasteiger partial charge in [-0.25, -0.2) is 9.97 Å². The zero-order chi connectivity index (χ0) is 12.8. The Morgan fingerprint density at radius 1 is 1.22 bits per heavy atom. The van der Waals surface area contributed by atoms with Crippen LogP contribution in [-0.4, -0.2) is 35.2 Å². The van der Waals surface area contributed by atoms with E-state index in [2.05, 4.69) is 20.3 Å². The highest BCUT2D eigenvalue weighted by molar-refractivity contribution is 5.58. The van der Waals surface area contributed by atoms with Crippen LogP contribution in [0.1, 0.15) is 5.82 Å². The smallest absolute Gasteiger partial charge is 0.130 e. The van der Waals surface area contributed by atoms with Crippen molar-refractivity contribution in [3.8, 4) is 11.4 Å². The van der Waals surface area contributed by atoms with Gasteiger partial charge in [0.25, 0.3) is 0 Å². The molecule has 5 heteroatoms. The topological polar surface area (TPSA) is 59.9 Å². The number of aryl methyl sites for hydroxylation is 1. The van der Waals surface area contributed by atoms with Crippen LogP contribution in [0.3, 0.4) is 0 Å². The van der Waals surface area contributed by atoms with Gasteiger partial charge in [-0.05, 0) is 19.1 Å². The van der Waals surface area contributed by atoms with Gasteiger partial charge in [0.05, 0.1) is 18.0 Å². The predicted octanol–water partition coefficient (Wildman–Crippen LogP) is 1.91. The lowest BCUT2D eigenvalue weighted by Crippen LogP contribution is -2.10. The Bertz CT molecular complexity index is 502. The molecule has 1 N–H and O–H groups in total. The average molecular weight is 244 g/mol. The predicted molar refractivity (Wildman–Crippen MR) is 70.4 cm³/mol. The Labute approximate surface area is 106 Å². The molecule has 0 fully saturated rings. The Morgan fingerprint density at radius 2 is 2.11 bits per heavy atom. The fraction of sp³-hybridized carbons (Fsp3) is 0.308. The molecule has 0 aliphatic carbocycles. The quantitative estimate of drug-likeness (QED) is 0.814. The number of hydrogen-bond acceptors (Lipinski definition) is 5. The van der Waals surface area contributed by atoms with E-state index in [1.165, 1.54) is 0 Å². The lowest BCUT2D eigenvalue weighted by atomic mass is 10.2. The first-order chi connectivity index (χ1) is 8.79. The summed E-state index contributed by atoms with van der Waals surface area (Å²) in [5.74, 6) is 1.51. The number of ether oxygens (including phenoxy) is 1. The van der Waals surface area contributed by atoms with Gasteiger partial charge in [0.1, 0.15) is 11.6 Å². The summed E-state index contributed by atoms with van der Waals surface area (Å²) in [5, 5.41) is 3.19. The summed E-state index contributed by atoms with van der Waals surface area (Å²) in [5.41, 5.74) is 1.67. The second-order valence-corrected chi connectivity index (χ2v) is 3.82. The van der Waals surface area contributed by atoms with Crippen molar-refractivity contribution >= 4 is 5.82 Å². The summed E-state index contributed by atoms with van der Waals surface area (Å²) < 4.78 is 4.99. The molecule has 2 heterocycles. The molecule has 0 amide bonds. The van der Waals surface area contributed by atoms with Crippen molar-refractivity contribution in [3.05, 3.63) is 36.3 Å². The SMILES string of the molecule is COCCNc1cc(-c2ccccn2)nc(C)n1. The van der Waals surface area contributed by atoms with Crippen LogP contribution in [0.4, 0.5) is 5.82 Å². The third-order valence-corrected chi connectivity index (χ3v) is 2.38. The lowest BCUT2D eigenvalue weighted by Gasteiger charge is -2.07. The molecule has 0 aliphatic rings. The van der Waals surface area contributed by atoms with Crippen molar-refractivity contribution in [2.24, 2.45) is 0 Å². The average Bonchev–Trinajstić information content (AvgIpc) is 2.39. The van der Waals surface area contributed by atoms with Gasteiger partial charge in [-0.2, -0.15) is 0 Å². The normalized spacial score (nSPS) is 10.3. The molecule has 5 nitrogen and oxygen atoms in total. The molecule has 0 unspecified atom stereocenters. The van der Waals surface area contributed by atoms with Gasteiger partial charge < -0.3 is 10.1 Å². The number of hydrogen-bond donors (Lipinski definition) is 1. The van der Waals surface area contributed by atoms with Gasteiger partial charge in [0.2, 0.25) is 0 Å². The first-order valence-electron chi connectivity index (χ1n) is 5.79. The molecular weight excluding hydrogens is 228 g/mol. The van der Waals surface area contributed by atoms with Gasteiger partial charge in [-0.3, -0.25) is 4.98 Å². The highest BCUT2D eigenvalue weighted by atomic mass is 16.5. The molecule has 0 aromatic carbocycles. The number of nitrogens with one attached hydrogen (secondary N) is 1. The second kappa shape index (κ2) is 6.07. The summed E-state index contributed by atoms with van der Waals surface area (Å²) in [6, 6.07) is 7.65. The minimum Gasteiger partial charge on any atom is -0.383 e. The largest absolute Gasteiger partial charge is 0.383 e. The third-order valence-electron chi connectivity index (χ3n) is 2.38. The molecule has 0 saturated carbocycles. The van der Waals surface area contributed by atoms with E-state index in [1.54, 1.807) is 13.3 Å². The summed E-state index contributed by atoms with van der Waals surface area (Å²) in [7, 11) is 1.67. The highest BCUT2D eigenvalue weighted by Gasteiger charge is 2.04. The monoisotopic (exact) mass is 244 g/mol. The highest BCUT2D eigenvalue weighted by Crippen LogP contribution is 2.16. The molecule has 0 spiro atoms. The van der Waals surface area contributed by atoms with Gasteiger partial charge in [0.15, 0.2) is 0 Å². The zero-order valence-electron chi connectivity index (χ0n) is 10.6. The third kappa shape index (κ3) is 3.24. The van der Waals surface area contributed by atoms with E-state index in [9.17, 15) is 0 Å². The molecule has 0 saturated heterocycles. The molecule has 0 aliphatic heterocycles. The maximum absolute atomic E-state index is 4.99. The number of nitrogens with zero attached hydrogens (tertiary/aromatic N) is 3. The van der Waals surface area contributed by atoms with Crippen LogP contribution in [0.25, 0.3) is 11.4 Å². The van der Waals surface area contributed by atoms with Crippen molar-refractivity contribution < 1.29 is 4.74 Å². The summed E-state index contributed by atoms with van der Waals surface area (Å²) in [6.07, 6.45) is 1.75. The van der Waals surface area contributed by atoms with Gasteiger partial charge in [-0.1, -0.05) is 6.07 Å². The van der Waals surface area contributed by atoms with Crippen LogP contribution in [0.2, 0.25) is 0 Å². The number of rotatable bonds is 5. The van der Waals surface area contributed by atoms with Gasteiger partial charge in [-0.15, -0.1) is 0 Å². The molecular formula is C13H16N4O. The summed E-state index contributed by atoms with van der Waals surface area (Å²) >= 11 is 0. The van der Waals surface area contributed by atoms with E-state index in [1.807, 2.05) is 31.2 Å². The maximum Gasteiger partial charge on any atom is 0.130 e. The molecule has 0 bridgehead atoms. The minimum atomic E-state index is 0.641. The second-order valence-electron chi connectivity index (χ2n) is 3.82. The summed E-state index contributed by atoms with van der Waals surface area (Å²) in [4.78, 5) is 13.0. The number of pyridine rings is 1. The van der Waals surface area contributed by atoms with Crippen molar-refractivity contribution in [1.29, 1.82) is 0 Å². The molecule has 0 atom stereocenters. The molecule has 2 rings (SSSR count). The van der Waals surface area contributed by atoms with E-state index >= 15 is 0 Å². The van der Waals surface area contributed by atoms with Crippen molar-refractivity contribution in [2.75, 3.05) is 25.6 Å². The van der Waals surface area contributed by atoms with Crippen molar-refractivity contribution in [2.45, 2.75) is 6.92 Å². The van der Waals surface area contributed by atoms with Crippen molar-refractivity contribution in [3.63, 3.8) is 0 Å². The van der Waals surface area contributed by atoms with E-state index in [0.29, 0.717) is 13.2 Å². The van der Waals surface area contributed by atoms with Crippen LogP contribution >= 0.6 is 0 Å². The van der Waals surface area contributed by atoms with E-state index < -0.39 is 0 Å². The zero-order valence-corrected chi connectivity index (χ0v) is 10.6. The summed E-state index contributed by atoms with van der Waals surface area (Å²) in [6.45, 7) is 3.23. The lowest BCUT2D eigenvalue weighted by molar-refractivity contribution is 0.210. The standard InChI is InChI=1S/C13H16N4O/c1-10-16-12(11-5-3-4-6-14-11)9-13(17-10)15-7-8-18-2/h3-6,9H,7-8H2,1-2H3,(H,15,16,17). The minimum absolute atomic E-state index is 0.641. The molecule has 94 valence electrons. The van der Waals surface area contributed by atoms with E-state index in [0.717, 1.165) is 23.0 Å². The Kier molecular flexibility index (Phi) is 4.20. The maximum atomic E-state index is 4.99. The Hall–Kier alpha value is -2.01. The Morgan fingerprint density at radius 3 is 2.83 bits per heavy atom. The van der Waals surface area contributed by atoms with Crippen LogP contribution in [0.5, 0.6) is 0 Å². The number of methoxy groups -OCH3 is 1.